The second-order valence-corrected chi connectivity index (χ2v) is 3.19. The van der Waals surface area contributed by atoms with E-state index in [1.807, 2.05) is 32.0 Å². The molecule has 0 aliphatic carbocycles. The van der Waals surface area contributed by atoms with Crippen molar-refractivity contribution >= 4 is 5.69 Å². The fourth-order valence-corrected chi connectivity index (χ4v) is 1.08. The van der Waals surface area contributed by atoms with Crippen molar-refractivity contribution in [3.8, 4) is 5.75 Å². The molecule has 2 nitrogen and oxygen atoms in total. The Kier molecular flexibility index (Phi) is 8.79. The number of ether oxygens (including phenoxy) is 1. The number of nitrogen functional groups attached to an aromatic ring is 1. The number of rotatable bonds is 1. The van der Waals surface area contributed by atoms with Gasteiger partial charge in [0.2, 0.25) is 0 Å². The van der Waals surface area contributed by atoms with Gasteiger partial charge in [0, 0.05) is 11.8 Å². The maximum atomic E-state index is 11.9. The monoisotopic (exact) mass is 267 g/mol. The number of anilines is 1. The van der Waals surface area contributed by atoms with Gasteiger partial charge in [0.05, 0.1) is 7.11 Å². The van der Waals surface area contributed by atoms with Crippen LogP contribution in [0.3, 0.4) is 0 Å². The summed E-state index contributed by atoms with van der Waals surface area (Å²) < 4.78 is 28.8. The summed E-state index contributed by atoms with van der Waals surface area (Å²) in [5.41, 5.74) is 6.19. The van der Waals surface area contributed by atoms with E-state index in [-0.39, 0.29) is 0 Å². The lowest BCUT2D eigenvalue weighted by Crippen LogP contribution is -1.86. The van der Waals surface area contributed by atoms with Gasteiger partial charge in [-0.25, -0.2) is 8.78 Å². The van der Waals surface area contributed by atoms with Crippen LogP contribution in [-0.2, 0) is 0 Å². The first-order valence-corrected chi connectivity index (χ1v) is 5.93. The molecule has 0 radical (unpaired) electrons. The van der Waals surface area contributed by atoms with E-state index in [0.717, 1.165) is 23.6 Å². The molecule has 0 bridgehead atoms. The van der Waals surface area contributed by atoms with Crippen LogP contribution in [0.4, 0.5) is 14.5 Å². The van der Waals surface area contributed by atoms with Crippen molar-refractivity contribution in [2.24, 2.45) is 0 Å². The topological polar surface area (TPSA) is 35.2 Å². The molecule has 0 fully saturated rings. The molecule has 0 spiro atoms. The summed E-state index contributed by atoms with van der Waals surface area (Å²) in [6, 6.07) is 12.4. The van der Waals surface area contributed by atoms with E-state index in [2.05, 4.69) is 0 Å². The standard InChI is InChI=1S/C7H9NO.C6H4F2.C2H6/c1-9-7-4-2-3-6(8)5-7;7-5-3-1-2-4-6(5)8;1-2/h2-5H,8H2,1H3;1-4H;1-2H3. The summed E-state index contributed by atoms with van der Waals surface area (Å²) in [5.74, 6) is -0.796. The number of hydrogen-bond donors (Lipinski definition) is 1. The lowest BCUT2D eigenvalue weighted by Gasteiger charge is -1.97. The predicted octanol–water partition coefficient (Wildman–Crippen LogP) is 4.27. The molecular weight excluding hydrogens is 248 g/mol. The van der Waals surface area contributed by atoms with Gasteiger partial charge < -0.3 is 10.5 Å². The average Bonchev–Trinajstić information content (AvgIpc) is 2.45. The Balaban J connectivity index is 0.000000303. The Morgan fingerprint density at radius 1 is 0.895 bits per heavy atom. The number of benzene rings is 2. The van der Waals surface area contributed by atoms with Crippen molar-refractivity contribution in [2.45, 2.75) is 13.8 Å². The van der Waals surface area contributed by atoms with E-state index >= 15 is 0 Å². The van der Waals surface area contributed by atoms with Crippen molar-refractivity contribution in [2.75, 3.05) is 12.8 Å². The van der Waals surface area contributed by atoms with Crippen molar-refractivity contribution in [3.63, 3.8) is 0 Å². The van der Waals surface area contributed by atoms with E-state index in [1.165, 1.54) is 12.1 Å². The minimum atomic E-state index is -0.799. The molecule has 104 valence electrons. The maximum Gasteiger partial charge on any atom is 0.158 e. The Morgan fingerprint density at radius 3 is 1.74 bits per heavy atom. The van der Waals surface area contributed by atoms with Crippen LogP contribution in [0.25, 0.3) is 0 Å². The second-order valence-electron chi connectivity index (χ2n) is 3.19. The zero-order valence-corrected chi connectivity index (χ0v) is 11.4. The number of methoxy groups -OCH3 is 1. The zero-order valence-electron chi connectivity index (χ0n) is 11.4. The molecule has 0 saturated carbocycles. The smallest absolute Gasteiger partial charge is 0.158 e. The first-order chi connectivity index (χ1) is 9.13. The largest absolute Gasteiger partial charge is 0.497 e. The highest BCUT2D eigenvalue weighted by Crippen LogP contribution is 2.12. The zero-order chi connectivity index (χ0) is 14.7. The van der Waals surface area contributed by atoms with Crippen LogP contribution in [0, 0.1) is 11.6 Å². The molecule has 2 N–H and O–H groups in total. The normalized spacial score (nSPS) is 8.47. The highest BCUT2D eigenvalue weighted by molar-refractivity contribution is 5.43. The van der Waals surface area contributed by atoms with Gasteiger partial charge in [-0.1, -0.05) is 32.0 Å². The van der Waals surface area contributed by atoms with Crippen LogP contribution in [0.2, 0.25) is 0 Å². The first kappa shape index (κ1) is 16.9. The summed E-state index contributed by atoms with van der Waals surface area (Å²) in [7, 11) is 1.62. The summed E-state index contributed by atoms with van der Waals surface area (Å²) in [6.07, 6.45) is 0. The molecule has 0 heterocycles. The Bertz CT molecular complexity index is 454. The lowest BCUT2D eigenvalue weighted by molar-refractivity contribution is 0.415. The molecule has 0 saturated heterocycles. The maximum absolute atomic E-state index is 11.9. The number of hydrogen-bond acceptors (Lipinski definition) is 2. The fraction of sp³-hybridized carbons (Fsp3) is 0.200. The highest BCUT2D eigenvalue weighted by Gasteiger charge is 1.93. The fourth-order valence-electron chi connectivity index (χ4n) is 1.08. The van der Waals surface area contributed by atoms with E-state index in [4.69, 9.17) is 10.5 Å². The molecule has 2 rings (SSSR count). The van der Waals surface area contributed by atoms with Crippen molar-refractivity contribution in [1.29, 1.82) is 0 Å². The van der Waals surface area contributed by atoms with Crippen LogP contribution in [0.15, 0.2) is 48.5 Å². The minimum Gasteiger partial charge on any atom is -0.497 e. The molecule has 2 aromatic rings. The van der Waals surface area contributed by atoms with Crippen molar-refractivity contribution in [1.82, 2.24) is 0 Å². The van der Waals surface area contributed by atoms with Crippen molar-refractivity contribution < 1.29 is 13.5 Å². The molecular formula is C15H19F2NO. The minimum absolute atomic E-state index is 0.731. The molecule has 0 amide bonds. The van der Waals surface area contributed by atoms with E-state index in [1.54, 1.807) is 13.2 Å². The second kappa shape index (κ2) is 9.88. The molecule has 0 aliphatic heterocycles. The summed E-state index contributed by atoms with van der Waals surface area (Å²) in [5, 5.41) is 0. The van der Waals surface area contributed by atoms with Gasteiger partial charge in [-0.3, -0.25) is 0 Å². The third kappa shape index (κ3) is 7.03. The third-order valence-electron chi connectivity index (χ3n) is 1.92. The lowest BCUT2D eigenvalue weighted by atomic mass is 10.3. The predicted molar refractivity (Wildman–Crippen MR) is 75.1 cm³/mol. The van der Waals surface area contributed by atoms with Gasteiger partial charge >= 0.3 is 0 Å². The third-order valence-corrected chi connectivity index (χ3v) is 1.92. The summed E-state index contributed by atoms with van der Waals surface area (Å²) in [6.45, 7) is 4.00. The first-order valence-electron chi connectivity index (χ1n) is 5.93. The molecule has 4 heteroatoms. The number of nitrogens with two attached hydrogens (primary N) is 1. The quantitative estimate of drug-likeness (QED) is 0.783. The van der Waals surface area contributed by atoms with Crippen molar-refractivity contribution in [3.05, 3.63) is 60.2 Å². The summed E-state index contributed by atoms with van der Waals surface area (Å²) in [4.78, 5) is 0. The molecule has 0 aromatic heterocycles. The van der Waals surface area contributed by atoms with Gasteiger partial charge in [0.1, 0.15) is 5.75 Å². The van der Waals surface area contributed by atoms with Crippen LogP contribution in [0.1, 0.15) is 13.8 Å². The van der Waals surface area contributed by atoms with Gasteiger partial charge in [-0.2, -0.15) is 0 Å². The Labute approximate surface area is 112 Å². The van der Waals surface area contributed by atoms with Gasteiger partial charge in [-0.05, 0) is 24.3 Å². The van der Waals surface area contributed by atoms with E-state index < -0.39 is 11.6 Å². The molecule has 0 atom stereocenters. The van der Waals surface area contributed by atoms with Crippen LogP contribution in [-0.4, -0.2) is 7.11 Å². The van der Waals surface area contributed by atoms with Gasteiger partial charge in [-0.15, -0.1) is 0 Å². The van der Waals surface area contributed by atoms with E-state index in [9.17, 15) is 8.78 Å². The molecule has 2 aromatic carbocycles. The average molecular weight is 267 g/mol. The van der Waals surface area contributed by atoms with Crippen LogP contribution in [0.5, 0.6) is 5.75 Å². The molecule has 19 heavy (non-hydrogen) atoms. The highest BCUT2D eigenvalue weighted by atomic mass is 19.2. The Morgan fingerprint density at radius 2 is 1.42 bits per heavy atom. The van der Waals surface area contributed by atoms with Crippen LogP contribution < -0.4 is 10.5 Å². The number of halogens is 2. The van der Waals surface area contributed by atoms with Gasteiger partial charge in [0.25, 0.3) is 0 Å². The molecule has 0 aliphatic rings. The summed E-state index contributed by atoms with van der Waals surface area (Å²) >= 11 is 0. The molecule has 0 unspecified atom stereocenters. The van der Waals surface area contributed by atoms with Gasteiger partial charge in [0.15, 0.2) is 11.6 Å². The Hall–Kier alpha value is -2.10. The SMILES string of the molecule is CC.COc1cccc(N)c1.Fc1ccccc1F. The van der Waals surface area contributed by atoms with E-state index in [0.29, 0.717) is 0 Å². The van der Waals surface area contributed by atoms with Crippen LogP contribution >= 0.6 is 0 Å².